The lowest BCUT2D eigenvalue weighted by Crippen LogP contribution is -2.40. The standard InChI is InChI=1S/C14H17NO3/c1-2-3-4-7-15-13(16)11-9-5-6-10(8-9)12(11)14(17)18/h1,5-6,9-12H,3-4,7-8H2,(H,15,16)(H,17,18)/t9?,10?,11-,12+/m0/s1. The quantitative estimate of drug-likeness (QED) is 0.433. The molecule has 2 aliphatic carbocycles. The number of carboxylic acids is 1. The molecule has 0 heterocycles. The minimum atomic E-state index is -0.865. The highest BCUT2D eigenvalue weighted by atomic mass is 16.4. The van der Waals surface area contributed by atoms with Crippen molar-refractivity contribution in [2.24, 2.45) is 23.7 Å². The van der Waals surface area contributed by atoms with Crippen molar-refractivity contribution in [1.29, 1.82) is 0 Å². The molecule has 0 radical (unpaired) electrons. The highest BCUT2D eigenvalue weighted by Crippen LogP contribution is 2.48. The number of hydrogen-bond donors (Lipinski definition) is 2. The SMILES string of the molecule is C#CCCCNC(=O)[C@H]1C2C=CC(C2)[C@H]1C(=O)O. The first-order chi connectivity index (χ1) is 8.65. The van der Waals surface area contributed by atoms with Gasteiger partial charge < -0.3 is 10.4 Å². The Morgan fingerprint density at radius 3 is 2.61 bits per heavy atom. The van der Waals surface area contributed by atoms with Crippen LogP contribution in [0, 0.1) is 36.0 Å². The van der Waals surface area contributed by atoms with Crippen molar-refractivity contribution in [1.82, 2.24) is 5.32 Å². The van der Waals surface area contributed by atoms with Crippen LogP contribution >= 0.6 is 0 Å². The third-order valence-corrected chi connectivity index (χ3v) is 3.84. The maximum Gasteiger partial charge on any atom is 0.307 e. The molecule has 1 fully saturated rings. The van der Waals surface area contributed by atoms with Gasteiger partial charge in [-0.1, -0.05) is 12.2 Å². The molecule has 0 spiro atoms. The van der Waals surface area contributed by atoms with Crippen LogP contribution in [-0.2, 0) is 9.59 Å². The number of rotatable bonds is 5. The van der Waals surface area contributed by atoms with Crippen molar-refractivity contribution >= 4 is 11.9 Å². The zero-order valence-electron chi connectivity index (χ0n) is 10.1. The number of amides is 1. The van der Waals surface area contributed by atoms with E-state index in [1.807, 2.05) is 12.2 Å². The summed E-state index contributed by atoms with van der Waals surface area (Å²) in [7, 11) is 0. The molecule has 0 aromatic rings. The van der Waals surface area contributed by atoms with E-state index >= 15 is 0 Å². The van der Waals surface area contributed by atoms with Crippen LogP contribution in [-0.4, -0.2) is 23.5 Å². The summed E-state index contributed by atoms with van der Waals surface area (Å²) in [6, 6.07) is 0. The molecule has 2 aliphatic rings. The van der Waals surface area contributed by atoms with Crippen molar-refractivity contribution < 1.29 is 14.7 Å². The summed E-state index contributed by atoms with van der Waals surface area (Å²) in [5, 5.41) is 12.0. The van der Waals surface area contributed by atoms with Crippen LogP contribution in [0.15, 0.2) is 12.2 Å². The first-order valence-electron chi connectivity index (χ1n) is 6.27. The Bertz CT molecular complexity index is 421. The molecular formula is C14H17NO3. The lowest BCUT2D eigenvalue weighted by Gasteiger charge is -2.23. The molecule has 96 valence electrons. The number of hydrogen-bond acceptors (Lipinski definition) is 2. The minimum Gasteiger partial charge on any atom is -0.481 e. The van der Waals surface area contributed by atoms with Crippen LogP contribution < -0.4 is 5.32 Å². The van der Waals surface area contributed by atoms with Gasteiger partial charge in [0.2, 0.25) is 5.91 Å². The predicted molar refractivity (Wildman–Crippen MR) is 66.4 cm³/mol. The Morgan fingerprint density at radius 2 is 2.00 bits per heavy atom. The van der Waals surface area contributed by atoms with Crippen molar-refractivity contribution in [3.63, 3.8) is 0 Å². The smallest absolute Gasteiger partial charge is 0.307 e. The highest BCUT2D eigenvalue weighted by molar-refractivity contribution is 5.86. The van der Waals surface area contributed by atoms with Gasteiger partial charge in [0.05, 0.1) is 11.8 Å². The molecule has 1 amide bonds. The maximum atomic E-state index is 12.1. The van der Waals surface area contributed by atoms with Gasteiger partial charge in [-0.2, -0.15) is 0 Å². The normalized spacial score (nSPS) is 32.2. The molecule has 0 saturated heterocycles. The van der Waals surface area contributed by atoms with Crippen LogP contribution in [0.2, 0.25) is 0 Å². The topological polar surface area (TPSA) is 66.4 Å². The molecule has 0 aromatic carbocycles. The second kappa shape index (κ2) is 5.26. The van der Waals surface area contributed by atoms with Crippen LogP contribution in [0.5, 0.6) is 0 Å². The largest absolute Gasteiger partial charge is 0.481 e. The Kier molecular flexibility index (Phi) is 3.71. The second-order valence-corrected chi connectivity index (χ2v) is 4.94. The third-order valence-electron chi connectivity index (χ3n) is 3.84. The number of aliphatic carboxylic acids is 1. The average molecular weight is 247 g/mol. The number of unbranched alkanes of at least 4 members (excludes halogenated alkanes) is 1. The molecule has 0 aromatic heterocycles. The van der Waals surface area contributed by atoms with Gasteiger partial charge in [-0.05, 0) is 24.7 Å². The fraction of sp³-hybridized carbons (Fsp3) is 0.571. The summed E-state index contributed by atoms with van der Waals surface area (Å²) < 4.78 is 0. The molecule has 2 bridgehead atoms. The zero-order valence-corrected chi connectivity index (χ0v) is 10.1. The van der Waals surface area contributed by atoms with E-state index in [0.29, 0.717) is 13.0 Å². The molecule has 0 aliphatic heterocycles. The van der Waals surface area contributed by atoms with Crippen molar-refractivity contribution in [2.45, 2.75) is 19.3 Å². The summed E-state index contributed by atoms with van der Waals surface area (Å²) in [5.74, 6) is 0.634. The van der Waals surface area contributed by atoms with E-state index in [-0.39, 0.29) is 17.7 Å². The van der Waals surface area contributed by atoms with E-state index in [0.717, 1.165) is 12.8 Å². The number of terminal acetylenes is 1. The van der Waals surface area contributed by atoms with Gasteiger partial charge in [0, 0.05) is 13.0 Å². The van der Waals surface area contributed by atoms with Crippen LogP contribution in [0.25, 0.3) is 0 Å². The van der Waals surface area contributed by atoms with Crippen molar-refractivity contribution in [3.05, 3.63) is 12.2 Å². The second-order valence-electron chi connectivity index (χ2n) is 4.94. The third kappa shape index (κ3) is 2.26. The molecule has 4 heteroatoms. The van der Waals surface area contributed by atoms with E-state index in [1.54, 1.807) is 0 Å². The minimum absolute atomic E-state index is 0.0222. The van der Waals surface area contributed by atoms with E-state index in [2.05, 4.69) is 11.2 Å². The summed E-state index contributed by atoms with van der Waals surface area (Å²) in [6.07, 6.45) is 11.2. The highest BCUT2D eigenvalue weighted by Gasteiger charge is 2.51. The van der Waals surface area contributed by atoms with Crippen LogP contribution in [0.3, 0.4) is 0 Å². The molecular weight excluding hydrogens is 230 g/mol. The Morgan fingerprint density at radius 1 is 1.33 bits per heavy atom. The van der Waals surface area contributed by atoms with Gasteiger partial charge >= 0.3 is 5.97 Å². The molecule has 4 atom stereocenters. The summed E-state index contributed by atoms with van der Waals surface area (Å²) >= 11 is 0. The van der Waals surface area contributed by atoms with E-state index in [4.69, 9.17) is 6.42 Å². The molecule has 1 saturated carbocycles. The first kappa shape index (κ1) is 12.7. The van der Waals surface area contributed by atoms with Crippen LogP contribution in [0.4, 0.5) is 0 Å². The van der Waals surface area contributed by atoms with E-state index in [9.17, 15) is 14.7 Å². The maximum absolute atomic E-state index is 12.1. The number of fused-ring (bicyclic) bond motifs is 2. The van der Waals surface area contributed by atoms with Gasteiger partial charge in [0.15, 0.2) is 0 Å². The van der Waals surface area contributed by atoms with Gasteiger partial charge in [-0.15, -0.1) is 12.3 Å². The zero-order chi connectivity index (χ0) is 13.1. The number of carbonyl (C=O) groups is 2. The first-order valence-corrected chi connectivity index (χ1v) is 6.27. The molecule has 2 N–H and O–H groups in total. The molecule has 4 nitrogen and oxygen atoms in total. The summed E-state index contributed by atoms with van der Waals surface area (Å²) in [4.78, 5) is 23.3. The number of carbonyl (C=O) groups excluding carboxylic acids is 1. The van der Waals surface area contributed by atoms with Crippen molar-refractivity contribution in [2.75, 3.05) is 6.54 Å². The fourth-order valence-electron chi connectivity index (χ4n) is 3.04. The average Bonchev–Trinajstić information content (AvgIpc) is 2.94. The molecule has 2 rings (SSSR count). The van der Waals surface area contributed by atoms with Gasteiger partial charge in [0.25, 0.3) is 0 Å². The molecule has 2 unspecified atom stereocenters. The van der Waals surface area contributed by atoms with Gasteiger partial charge in [0.1, 0.15) is 0 Å². The number of nitrogens with one attached hydrogen (secondary N) is 1. The van der Waals surface area contributed by atoms with Crippen molar-refractivity contribution in [3.8, 4) is 12.3 Å². The van der Waals surface area contributed by atoms with Gasteiger partial charge in [-0.25, -0.2) is 0 Å². The number of allylic oxidation sites excluding steroid dienone is 2. The monoisotopic (exact) mass is 247 g/mol. The predicted octanol–water partition coefficient (Wildman–Crippen LogP) is 1.04. The van der Waals surface area contributed by atoms with Crippen LogP contribution in [0.1, 0.15) is 19.3 Å². The lowest BCUT2D eigenvalue weighted by molar-refractivity contribution is -0.147. The Hall–Kier alpha value is -1.76. The van der Waals surface area contributed by atoms with Gasteiger partial charge in [-0.3, -0.25) is 9.59 Å². The molecule has 18 heavy (non-hydrogen) atoms. The van der Waals surface area contributed by atoms with E-state index in [1.165, 1.54) is 0 Å². The number of carboxylic acid groups (broad SMARTS) is 1. The summed E-state index contributed by atoms with van der Waals surface area (Å²) in [5.41, 5.74) is 0. The Balaban J connectivity index is 1.95. The lowest BCUT2D eigenvalue weighted by atomic mass is 9.82. The Labute approximate surface area is 106 Å². The summed E-state index contributed by atoms with van der Waals surface area (Å²) in [6.45, 7) is 0.521. The van der Waals surface area contributed by atoms with E-state index < -0.39 is 17.8 Å². The fourth-order valence-corrected chi connectivity index (χ4v) is 3.04.